The Labute approximate surface area is 140 Å². The molecule has 0 radical (unpaired) electrons. The van der Waals surface area contributed by atoms with Crippen molar-refractivity contribution >= 4 is 50.2 Å². The van der Waals surface area contributed by atoms with Crippen molar-refractivity contribution < 1.29 is 4.74 Å². The predicted molar refractivity (Wildman–Crippen MR) is 89.9 cm³/mol. The number of ether oxygens (including phenoxy) is 1. The number of hydrogen-bond donors (Lipinski definition) is 0. The number of halogens is 3. The highest BCUT2D eigenvalue weighted by atomic mass is 79.9. The molecule has 0 saturated heterocycles. The molecule has 0 aliphatic heterocycles. The molecule has 0 amide bonds. The maximum absolute atomic E-state index is 6.37. The molecule has 0 N–H and O–H groups in total. The molecule has 0 atom stereocenters. The Hall–Kier alpha value is -1.23. The highest BCUT2D eigenvalue weighted by Gasteiger charge is 2.15. The fraction of sp³-hybridized carbons (Fsp3) is 0.133. The molecular weight excluding hydrogens is 375 g/mol. The lowest BCUT2D eigenvalue weighted by Crippen LogP contribution is -2.00. The monoisotopic (exact) mass is 384 g/mol. The van der Waals surface area contributed by atoms with Gasteiger partial charge < -0.3 is 4.74 Å². The predicted octanol–water partition coefficient (Wildman–Crippen LogP) is 5.19. The Morgan fingerprint density at radius 2 is 2.05 bits per heavy atom. The van der Waals surface area contributed by atoms with Crippen LogP contribution in [0.2, 0.25) is 5.02 Å². The Morgan fingerprint density at radius 3 is 2.71 bits per heavy atom. The molecule has 1 aromatic heterocycles. The van der Waals surface area contributed by atoms with E-state index in [9.17, 15) is 0 Å². The highest BCUT2D eigenvalue weighted by Crippen LogP contribution is 2.31. The summed E-state index contributed by atoms with van der Waals surface area (Å²) >= 11 is 15.8. The molecule has 1 heterocycles. The Morgan fingerprint density at radius 1 is 1.24 bits per heavy atom. The van der Waals surface area contributed by atoms with Crippen LogP contribution >= 0.6 is 39.1 Å². The van der Waals surface area contributed by atoms with Crippen LogP contribution < -0.4 is 4.74 Å². The summed E-state index contributed by atoms with van der Waals surface area (Å²) in [6.45, 7) is 0. The number of benzene rings is 2. The van der Waals surface area contributed by atoms with E-state index in [1.807, 2.05) is 41.0 Å². The molecule has 0 fully saturated rings. The first-order valence-corrected chi connectivity index (χ1v) is 7.91. The van der Waals surface area contributed by atoms with Crippen molar-refractivity contribution in [3.63, 3.8) is 0 Å². The summed E-state index contributed by atoms with van der Waals surface area (Å²) in [5, 5.41) is 0.623. The van der Waals surface area contributed by atoms with Crippen LogP contribution in [-0.4, -0.2) is 16.7 Å². The number of imidazole rings is 1. The number of rotatable bonds is 3. The van der Waals surface area contributed by atoms with Crippen LogP contribution in [0.25, 0.3) is 16.7 Å². The fourth-order valence-corrected chi connectivity index (χ4v) is 3.19. The van der Waals surface area contributed by atoms with Crippen LogP contribution in [0.1, 0.15) is 5.82 Å². The zero-order valence-corrected chi connectivity index (χ0v) is 14.2. The second kappa shape index (κ2) is 5.87. The topological polar surface area (TPSA) is 27.1 Å². The van der Waals surface area contributed by atoms with Gasteiger partial charge in [0.2, 0.25) is 0 Å². The minimum atomic E-state index is 0.295. The van der Waals surface area contributed by atoms with Gasteiger partial charge in [0.15, 0.2) is 0 Å². The molecule has 0 saturated carbocycles. The molecule has 2 aromatic carbocycles. The van der Waals surface area contributed by atoms with Crippen LogP contribution in [-0.2, 0) is 5.88 Å². The van der Waals surface area contributed by atoms with Gasteiger partial charge in [-0.15, -0.1) is 11.6 Å². The summed E-state index contributed by atoms with van der Waals surface area (Å²) in [5.41, 5.74) is 2.60. The van der Waals surface area contributed by atoms with Gasteiger partial charge in [0.05, 0.1) is 34.7 Å². The van der Waals surface area contributed by atoms with Crippen molar-refractivity contribution in [2.45, 2.75) is 5.88 Å². The standard InChI is InChI=1S/C15H11BrCl2N2O/c1-21-10-3-4-12-14(7-10)20(15(8-17)19-12)13-5-2-9(16)6-11(13)18/h2-7H,8H2,1H3. The Balaban J connectivity index is 2.33. The number of nitrogens with zero attached hydrogens (tertiary/aromatic N) is 2. The summed E-state index contributed by atoms with van der Waals surface area (Å²) < 4.78 is 8.17. The summed E-state index contributed by atoms with van der Waals surface area (Å²) in [5.74, 6) is 1.80. The van der Waals surface area contributed by atoms with Crippen molar-refractivity contribution in [2.24, 2.45) is 0 Å². The van der Waals surface area contributed by atoms with E-state index in [1.54, 1.807) is 7.11 Å². The lowest BCUT2D eigenvalue weighted by atomic mass is 10.2. The quantitative estimate of drug-likeness (QED) is 0.580. The molecular formula is C15H11BrCl2N2O. The van der Waals surface area contributed by atoms with Crippen molar-refractivity contribution in [1.29, 1.82) is 0 Å². The first-order valence-electron chi connectivity index (χ1n) is 6.21. The van der Waals surface area contributed by atoms with Crippen LogP contribution in [0.15, 0.2) is 40.9 Å². The van der Waals surface area contributed by atoms with Crippen molar-refractivity contribution in [1.82, 2.24) is 9.55 Å². The average molecular weight is 386 g/mol. The second-order valence-corrected chi connectivity index (χ2v) is 6.04. The maximum atomic E-state index is 6.37. The smallest absolute Gasteiger partial charge is 0.129 e. The summed E-state index contributed by atoms with van der Waals surface area (Å²) in [6, 6.07) is 11.4. The molecule has 0 aliphatic rings. The van der Waals surface area contributed by atoms with Gasteiger partial charge in [-0.2, -0.15) is 0 Å². The SMILES string of the molecule is COc1ccc2nc(CCl)n(-c3ccc(Br)cc3Cl)c2c1. The van der Waals surface area contributed by atoms with Gasteiger partial charge in [0.25, 0.3) is 0 Å². The van der Waals surface area contributed by atoms with Crippen LogP contribution in [0.3, 0.4) is 0 Å². The number of alkyl halides is 1. The summed E-state index contributed by atoms with van der Waals surface area (Å²) in [7, 11) is 1.64. The maximum Gasteiger partial charge on any atom is 0.129 e. The van der Waals surface area contributed by atoms with Crippen molar-refractivity contribution in [2.75, 3.05) is 7.11 Å². The molecule has 21 heavy (non-hydrogen) atoms. The molecule has 0 unspecified atom stereocenters. The third-order valence-corrected chi connectivity index (χ3v) is 4.24. The van der Waals surface area contributed by atoms with Crippen molar-refractivity contribution in [3.8, 4) is 11.4 Å². The number of aromatic nitrogens is 2. The fourth-order valence-electron chi connectivity index (χ4n) is 2.25. The molecule has 3 nitrogen and oxygen atoms in total. The van der Waals surface area contributed by atoms with Gasteiger partial charge in [0.1, 0.15) is 11.6 Å². The first kappa shape index (κ1) is 14.7. The minimum absolute atomic E-state index is 0.295. The van der Waals surface area contributed by atoms with Crippen molar-refractivity contribution in [3.05, 3.63) is 51.7 Å². The Kier molecular flexibility index (Phi) is 4.11. The minimum Gasteiger partial charge on any atom is -0.497 e. The number of fused-ring (bicyclic) bond motifs is 1. The Bertz CT molecular complexity index is 817. The van der Waals surface area contributed by atoms with E-state index in [-0.39, 0.29) is 0 Å². The largest absolute Gasteiger partial charge is 0.497 e. The normalized spacial score (nSPS) is 11.0. The molecule has 108 valence electrons. The molecule has 0 spiro atoms. The van der Waals surface area contributed by atoms with Gasteiger partial charge in [0, 0.05) is 10.5 Å². The van der Waals surface area contributed by atoms with Gasteiger partial charge in [-0.25, -0.2) is 4.98 Å². The average Bonchev–Trinajstić information content (AvgIpc) is 2.84. The second-order valence-electron chi connectivity index (χ2n) is 4.45. The number of hydrogen-bond acceptors (Lipinski definition) is 2. The number of methoxy groups -OCH3 is 1. The zero-order valence-electron chi connectivity index (χ0n) is 11.1. The van der Waals surface area contributed by atoms with Crippen LogP contribution in [0.5, 0.6) is 5.75 Å². The lowest BCUT2D eigenvalue weighted by Gasteiger charge is -2.10. The lowest BCUT2D eigenvalue weighted by molar-refractivity contribution is 0.415. The highest BCUT2D eigenvalue weighted by molar-refractivity contribution is 9.10. The van der Waals surface area contributed by atoms with E-state index < -0.39 is 0 Å². The molecule has 6 heteroatoms. The van der Waals surface area contributed by atoms with E-state index in [4.69, 9.17) is 27.9 Å². The van der Waals surface area contributed by atoms with E-state index in [1.165, 1.54) is 0 Å². The molecule has 0 aliphatic carbocycles. The third-order valence-electron chi connectivity index (χ3n) is 3.20. The van der Waals surface area contributed by atoms with Crippen LogP contribution in [0, 0.1) is 0 Å². The van der Waals surface area contributed by atoms with Gasteiger partial charge in [-0.3, -0.25) is 4.57 Å². The molecule has 3 aromatic rings. The van der Waals surface area contributed by atoms with Crippen LogP contribution in [0.4, 0.5) is 0 Å². The molecule has 0 bridgehead atoms. The van der Waals surface area contributed by atoms with Gasteiger partial charge in [-0.05, 0) is 30.3 Å². The first-order chi connectivity index (χ1) is 10.1. The molecule has 3 rings (SSSR count). The van der Waals surface area contributed by atoms with Gasteiger partial charge >= 0.3 is 0 Å². The summed E-state index contributed by atoms with van der Waals surface area (Å²) in [4.78, 5) is 4.55. The summed E-state index contributed by atoms with van der Waals surface area (Å²) in [6.07, 6.45) is 0. The van der Waals surface area contributed by atoms with E-state index in [0.29, 0.717) is 10.9 Å². The van der Waals surface area contributed by atoms with E-state index in [0.717, 1.165) is 32.8 Å². The third kappa shape index (κ3) is 2.63. The van der Waals surface area contributed by atoms with Gasteiger partial charge in [-0.1, -0.05) is 27.5 Å². The zero-order chi connectivity index (χ0) is 15.0. The van der Waals surface area contributed by atoms with E-state index >= 15 is 0 Å². The van der Waals surface area contributed by atoms with E-state index in [2.05, 4.69) is 20.9 Å².